The van der Waals surface area contributed by atoms with Crippen LogP contribution in [0, 0.1) is 13.8 Å². The van der Waals surface area contributed by atoms with Gasteiger partial charge in [-0.2, -0.15) is 0 Å². The Morgan fingerprint density at radius 3 is 2.10 bits per heavy atom. The van der Waals surface area contributed by atoms with Crippen molar-refractivity contribution in [1.82, 2.24) is 0 Å². The van der Waals surface area contributed by atoms with Crippen LogP contribution in [0.3, 0.4) is 0 Å². The first-order valence-corrected chi connectivity index (χ1v) is 11.1. The van der Waals surface area contributed by atoms with E-state index in [1.807, 2.05) is 0 Å². The van der Waals surface area contributed by atoms with Gasteiger partial charge in [0.15, 0.2) is 0 Å². The monoisotopic (exact) mass is 384 g/mol. The van der Waals surface area contributed by atoms with Crippen molar-refractivity contribution in [2.45, 2.75) is 38.0 Å². The van der Waals surface area contributed by atoms with E-state index in [1.54, 1.807) is 11.1 Å². The molecule has 0 N–H and O–H groups in total. The first-order valence-electron chi connectivity index (χ1n) is 11.1. The number of fused-ring (bicyclic) bond motifs is 9. The van der Waals surface area contributed by atoms with Gasteiger partial charge in [0.05, 0.1) is 0 Å². The molecule has 0 bridgehead atoms. The Morgan fingerprint density at radius 1 is 0.700 bits per heavy atom. The summed E-state index contributed by atoms with van der Waals surface area (Å²) in [6.07, 6.45) is 2.33. The fourth-order valence-electron chi connectivity index (χ4n) is 6.91. The van der Waals surface area contributed by atoms with Crippen molar-refractivity contribution in [2.24, 2.45) is 0 Å². The molecule has 0 aliphatic heterocycles. The normalized spacial score (nSPS) is 18.7. The van der Waals surface area contributed by atoms with Crippen LogP contribution in [0.25, 0.3) is 22.3 Å². The van der Waals surface area contributed by atoms with Crippen LogP contribution in [-0.2, 0) is 11.8 Å². The van der Waals surface area contributed by atoms with Crippen molar-refractivity contribution in [3.63, 3.8) is 0 Å². The molecule has 0 heteroatoms. The minimum absolute atomic E-state index is 0.0295. The maximum Gasteiger partial charge on any atom is 0.0327 e. The molecule has 0 aromatic heterocycles. The van der Waals surface area contributed by atoms with Gasteiger partial charge >= 0.3 is 0 Å². The molecular weight excluding hydrogens is 360 g/mol. The molecule has 4 aromatic carbocycles. The second-order valence-electron chi connectivity index (χ2n) is 9.41. The topological polar surface area (TPSA) is 0 Å². The van der Waals surface area contributed by atoms with Crippen LogP contribution in [0.1, 0.15) is 51.3 Å². The lowest BCUT2D eigenvalue weighted by Gasteiger charge is -2.43. The summed E-state index contributed by atoms with van der Waals surface area (Å²) < 4.78 is 0. The predicted molar refractivity (Wildman–Crippen MR) is 124 cm³/mol. The van der Waals surface area contributed by atoms with Gasteiger partial charge < -0.3 is 0 Å². The molecule has 30 heavy (non-hydrogen) atoms. The Hall–Kier alpha value is -3.12. The summed E-state index contributed by atoms with van der Waals surface area (Å²) in [5, 5.41) is 0. The van der Waals surface area contributed by atoms with Crippen molar-refractivity contribution < 1.29 is 0 Å². The molecule has 0 saturated heterocycles. The van der Waals surface area contributed by atoms with E-state index in [9.17, 15) is 0 Å². The Morgan fingerprint density at radius 2 is 1.37 bits per heavy atom. The summed E-state index contributed by atoms with van der Waals surface area (Å²) in [4.78, 5) is 0. The highest BCUT2D eigenvalue weighted by molar-refractivity contribution is 5.88. The van der Waals surface area contributed by atoms with Crippen LogP contribution in [0.5, 0.6) is 0 Å². The molecular formula is C30H24. The Labute approximate surface area is 178 Å². The van der Waals surface area contributed by atoms with Gasteiger partial charge in [-0.25, -0.2) is 0 Å². The number of hydrogen-bond acceptors (Lipinski definition) is 0. The van der Waals surface area contributed by atoms with Gasteiger partial charge in [0.2, 0.25) is 0 Å². The van der Waals surface area contributed by atoms with Crippen LogP contribution in [0.2, 0.25) is 0 Å². The molecule has 3 aliphatic carbocycles. The molecule has 4 aromatic rings. The van der Waals surface area contributed by atoms with E-state index in [-0.39, 0.29) is 5.41 Å². The molecule has 0 nitrogen and oxygen atoms in total. The molecule has 1 atom stereocenters. The zero-order valence-corrected chi connectivity index (χ0v) is 17.5. The van der Waals surface area contributed by atoms with Gasteiger partial charge in [-0.05, 0) is 82.3 Å². The highest BCUT2D eigenvalue weighted by Crippen LogP contribution is 2.66. The number of hydrogen-bond donors (Lipinski definition) is 0. The second kappa shape index (κ2) is 5.52. The zero-order chi connectivity index (χ0) is 20.0. The number of benzene rings is 4. The molecule has 1 unspecified atom stereocenters. The molecule has 1 spiro atoms. The Balaban J connectivity index is 1.65. The molecule has 0 saturated carbocycles. The molecule has 0 fully saturated rings. The highest BCUT2D eigenvalue weighted by atomic mass is 14.6. The maximum atomic E-state index is 2.47. The van der Waals surface area contributed by atoms with Crippen molar-refractivity contribution >= 4 is 0 Å². The lowest BCUT2D eigenvalue weighted by molar-refractivity contribution is 0.409. The summed E-state index contributed by atoms with van der Waals surface area (Å²) in [6.45, 7) is 4.54. The van der Waals surface area contributed by atoms with Crippen molar-refractivity contribution in [1.29, 1.82) is 0 Å². The quantitative estimate of drug-likeness (QED) is 0.298. The minimum Gasteiger partial charge on any atom is -0.0619 e. The minimum atomic E-state index is 0.0295. The third-order valence-corrected chi connectivity index (χ3v) is 8.06. The van der Waals surface area contributed by atoms with Crippen LogP contribution in [0.15, 0.2) is 78.9 Å². The van der Waals surface area contributed by atoms with Crippen LogP contribution in [0.4, 0.5) is 0 Å². The van der Waals surface area contributed by atoms with Gasteiger partial charge in [0.25, 0.3) is 0 Å². The first kappa shape index (κ1) is 16.7. The van der Waals surface area contributed by atoms with Crippen molar-refractivity contribution in [3.05, 3.63) is 118 Å². The lowest BCUT2D eigenvalue weighted by Crippen LogP contribution is -2.37. The summed E-state index contributed by atoms with van der Waals surface area (Å²) in [5.41, 5.74) is 16.4. The van der Waals surface area contributed by atoms with E-state index in [0.29, 0.717) is 5.92 Å². The first-order chi connectivity index (χ1) is 14.7. The smallest absolute Gasteiger partial charge is 0.0327 e. The summed E-state index contributed by atoms with van der Waals surface area (Å²) in [7, 11) is 0. The average molecular weight is 385 g/mol. The fourth-order valence-corrected chi connectivity index (χ4v) is 6.91. The van der Waals surface area contributed by atoms with E-state index in [0.717, 1.165) is 6.42 Å². The molecule has 0 amide bonds. The SMILES string of the molecule is Cc1ccc2c(c1)C1c3c-2ccc(C)c3CCC12c1ccccc1-c1ccccc12. The number of aryl methyl sites for hydroxylation is 2. The molecule has 7 rings (SSSR count). The molecule has 0 radical (unpaired) electrons. The highest BCUT2D eigenvalue weighted by Gasteiger charge is 2.54. The Bertz CT molecular complexity index is 1330. The van der Waals surface area contributed by atoms with Crippen LogP contribution in [-0.4, -0.2) is 0 Å². The van der Waals surface area contributed by atoms with Crippen LogP contribution >= 0.6 is 0 Å². The largest absolute Gasteiger partial charge is 0.0619 e. The Kier molecular flexibility index (Phi) is 3.06. The van der Waals surface area contributed by atoms with Crippen LogP contribution < -0.4 is 0 Å². The molecule has 3 aliphatic rings. The number of rotatable bonds is 0. The van der Waals surface area contributed by atoms with E-state index in [2.05, 4.69) is 92.7 Å². The molecule has 0 heterocycles. The van der Waals surface area contributed by atoms with Crippen molar-refractivity contribution in [3.8, 4) is 22.3 Å². The average Bonchev–Trinajstić information content (AvgIpc) is 3.25. The van der Waals surface area contributed by atoms with Gasteiger partial charge in [0, 0.05) is 11.3 Å². The molecule has 144 valence electrons. The summed E-state index contributed by atoms with van der Waals surface area (Å²) in [6, 6.07) is 30.2. The predicted octanol–water partition coefficient (Wildman–Crippen LogP) is 7.33. The third-order valence-electron chi connectivity index (χ3n) is 8.06. The second-order valence-corrected chi connectivity index (χ2v) is 9.41. The van der Waals surface area contributed by atoms with Gasteiger partial charge in [0.1, 0.15) is 0 Å². The van der Waals surface area contributed by atoms with Gasteiger partial charge in [-0.15, -0.1) is 0 Å². The summed E-state index contributed by atoms with van der Waals surface area (Å²) in [5.74, 6) is 0.399. The lowest BCUT2D eigenvalue weighted by atomic mass is 9.58. The van der Waals surface area contributed by atoms with Gasteiger partial charge in [-0.1, -0.05) is 84.4 Å². The van der Waals surface area contributed by atoms with E-state index < -0.39 is 0 Å². The fraction of sp³-hybridized carbons (Fsp3) is 0.200. The van der Waals surface area contributed by atoms with E-state index in [1.165, 1.54) is 56.5 Å². The third kappa shape index (κ3) is 1.80. The van der Waals surface area contributed by atoms with E-state index in [4.69, 9.17) is 0 Å². The van der Waals surface area contributed by atoms with Gasteiger partial charge in [-0.3, -0.25) is 0 Å². The van der Waals surface area contributed by atoms with Crippen molar-refractivity contribution in [2.75, 3.05) is 0 Å². The zero-order valence-electron chi connectivity index (χ0n) is 17.5. The van der Waals surface area contributed by atoms with E-state index >= 15 is 0 Å². The summed E-state index contributed by atoms with van der Waals surface area (Å²) >= 11 is 0. The standard InChI is InChI=1S/C30H24/c1-18-11-13-21-24-14-12-19(2)20-15-16-30(29(28(20)24)25(21)17-18)26-9-5-3-7-22(26)23-8-4-6-10-27(23)30/h3-14,17,29H,15-16H2,1-2H3. The maximum absolute atomic E-state index is 2.47.